The Balaban J connectivity index is 1.42. The van der Waals surface area contributed by atoms with Gasteiger partial charge in [-0.2, -0.15) is 0 Å². The molecule has 0 radical (unpaired) electrons. The van der Waals surface area contributed by atoms with Crippen LogP contribution in [0.3, 0.4) is 0 Å². The molecule has 4 aromatic heterocycles. The number of aromatic nitrogens is 5. The number of aromatic amines is 2. The molecule has 0 amide bonds. The van der Waals surface area contributed by atoms with Gasteiger partial charge in [-0.15, -0.1) is 0 Å². The van der Waals surface area contributed by atoms with E-state index in [9.17, 15) is 0 Å². The average Bonchev–Trinajstić information content (AvgIpc) is 4.06. The van der Waals surface area contributed by atoms with E-state index in [1.807, 2.05) is 18.3 Å². The molecule has 0 unspecified atom stereocenters. The first kappa shape index (κ1) is 38.9. The molecule has 5 nitrogen and oxygen atoms in total. The van der Waals surface area contributed by atoms with Crippen molar-refractivity contribution >= 4 is 46.4 Å². The molecule has 2 aliphatic heterocycles. The van der Waals surface area contributed by atoms with Crippen LogP contribution in [0.15, 0.2) is 121 Å². The summed E-state index contributed by atoms with van der Waals surface area (Å²) in [7, 11) is 0. The monoisotopic (exact) mass is 783 g/mol. The fraction of sp³-hybridized carbons (Fsp3) is 0.218. The fourth-order valence-corrected chi connectivity index (χ4v) is 8.31. The van der Waals surface area contributed by atoms with Crippen LogP contribution in [0.5, 0.6) is 0 Å². The predicted octanol–water partition coefficient (Wildman–Crippen LogP) is 14.6. The van der Waals surface area contributed by atoms with Gasteiger partial charge in [0.2, 0.25) is 0 Å². The minimum atomic E-state index is 0.0292. The first-order valence-corrected chi connectivity index (χ1v) is 21.0. The lowest BCUT2D eigenvalue weighted by atomic mass is 9.86. The average molecular weight is 784 g/mol. The maximum atomic E-state index is 5.51. The number of nitrogens with one attached hydrogen (secondary N) is 2. The lowest BCUT2D eigenvalue weighted by Gasteiger charge is -2.19. The van der Waals surface area contributed by atoms with Crippen LogP contribution in [0.1, 0.15) is 102 Å². The van der Waals surface area contributed by atoms with Gasteiger partial charge >= 0.3 is 0 Å². The van der Waals surface area contributed by atoms with Crippen molar-refractivity contribution in [3.05, 3.63) is 161 Å². The summed E-state index contributed by atoms with van der Waals surface area (Å²) in [5, 5.41) is 0. The summed E-state index contributed by atoms with van der Waals surface area (Å²) in [6.07, 6.45) is 10.4. The fourth-order valence-electron chi connectivity index (χ4n) is 8.31. The van der Waals surface area contributed by atoms with Crippen molar-refractivity contribution in [1.82, 2.24) is 24.9 Å². The van der Waals surface area contributed by atoms with Crippen LogP contribution < -0.4 is 0 Å². The van der Waals surface area contributed by atoms with Gasteiger partial charge in [0.15, 0.2) is 0 Å². The second kappa shape index (κ2) is 14.6. The number of H-pyrrole nitrogens is 2. The molecule has 9 rings (SSSR count). The quantitative estimate of drug-likeness (QED) is 0.187. The maximum Gasteiger partial charge on any atom is 0.0753 e. The molecule has 3 aromatic carbocycles. The number of fused-ring (bicyclic) bond motifs is 8. The summed E-state index contributed by atoms with van der Waals surface area (Å²) in [6, 6.07) is 41.7. The number of hydrogen-bond donors (Lipinski definition) is 2. The zero-order valence-corrected chi connectivity index (χ0v) is 36.2. The third-order valence-corrected chi connectivity index (χ3v) is 11.8. The van der Waals surface area contributed by atoms with E-state index in [-0.39, 0.29) is 16.2 Å². The van der Waals surface area contributed by atoms with E-state index in [4.69, 9.17) is 15.0 Å². The van der Waals surface area contributed by atoms with E-state index in [0.29, 0.717) is 0 Å². The molecule has 0 fully saturated rings. The zero-order valence-electron chi connectivity index (χ0n) is 36.2. The number of pyridine rings is 1. The first-order valence-electron chi connectivity index (χ1n) is 21.0. The SMILES string of the molecule is CC(C)(C)c1ccc(-c2c3nc(c(-c4ccc(C(C)(C)C)cc4)c4ccc([nH]4)c(-c4ccccn4)c4nc(c(-c5ccc(C(C)(C)C)cc5)c5ccc2[nH]5)C=C4)C=C3)cc1. The molecular formula is C55H53N5. The van der Waals surface area contributed by atoms with Gasteiger partial charge in [0, 0.05) is 45.0 Å². The van der Waals surface area contributed by atoms with Crippen molar-refractivity contribution in [2.24, 2.45) is 0 Å². The summed E-state index contributed by atoms with van der Waals surface area (Å²) in [5.74, 6) is 0. The lowest BCUT2D eigenvalue weighted by molar-refractivity contribution is 0.590. The standard InChI is InChI=1S/C55H53N5/c1-53(2,3)37-19-13-34(14-20-37)49-41-25-27-43(57-41)50(35-15-21-38(22-16-35)54(4,5)6)45-29-31-47(59-45)52(40-12-10-11-33-56-40)48-32-30-46(60-48)51(44-28-26-42(49)58-44)36-17-23-39(24-18-36)55(7,8)9/h10-33,57,60H,1-9H3. The number of rotatable bonds is 4. The zero-order chi connectivity index (χ0) is 42.0. The van der Waals surface area contributed by atoms with Crippen LogP contribution in [0.25, 0.3) is 91.0 Å². The number of nitrogens with zero attached hydrogens (tertiary/aromatic N) is 3. The van der Waals surface area contributed by atoms with Crippen LogP contribution in [-0.2, 0) is 16.2 Å². The molecule has 5 heteroatoms. The molecule has 0 spiro atoms. The molecule has 0 saturated carbocycles. The Hall–Kier alpha value is -6.59. The van der Waals surface area contributed by atoms with Gasteiger partial charge in [-0.3, -0.25) is 4.98 Å². The highest BCUT2D eigenvalue weighted by Crippen LogP contribution is 2.39. The van der Waals surface area contributed by atoms with Gasteiger partial charge in [0.25, 0.3) is 0 Å². The molecule has 0 atom stereocenters. The molecule has 2 N–H and O–H groups in total. The van der Waals surface area contributed by atoms with Crippen LogP contribution in [-0.4, -0.2) is 24.9 Å². The Morgan fingerprint density at radius 3 is 0.967 bits per heavy atom. The molecule has 2 aliphatic rings. The normalized spacial score (nSPS) is 12.9. The highest BCUT2D eigenvalue weighted by Gasteiger charge is 2.22. The lowest BCUT2D eigenvalue weighted by Crippen LogP contribution is -2.10. The van der Waals surface area contributed by atoms with Gasteiger partial charge < -0.3 is 9.97 Å². The van der Waals surface area contributed by atoms with Crippen LogP contribution in [0.2, 0.25) is 0 Å². The minimum Gasteiger partial charge on any atom is -0.354 e. The molecule has 7 aromatic rings. The van der Waals surface area contributed by atoms with Crippen LogP contribution in [0, 0.1) is 0 Å². The van der Waals surface area contributed by atoms with E-state index < -0.39 is 0 Å². The number of hydrogen-bond acceptors (Lipinski definition) is 3. The minimum absolute atomic E-state index is 0.0292. The van der Waals surface area contributed by atoms with Crippen molar-refractivity contribution < 1.29 is 0 Å². The Labute approximate surface area is 354 Å². The van der Waals surface area contributed by atoms with Crippen molar-refractivity contribution in [3.63, 3.8) is 0 Å². The smallest absolute Gasteiger partial charge is 0.0753 e. The summed E-state index contributed by atoms with van der Waals surface area (Å²) in [5.41, 5.74) is 19.5. The summed E-state index contributed by atoms with van der Waals surface area (Å²) in [6.45, 7) is 20.3. The van der Waals surface area contributed by atoms with Crippen LogP contribution >= 0.6 is 0 Å². The molecule has 6 heterocycles. The van der Waals surface area contributed by atoms with Gasteiger partial charge in [-0.25, -0.2) is 9.97 Å². The van der Waals surface area contributed by atoms with E-state index in [1.54, 1.807) is 0 Å². The second-order valence-corrected chi connectivity index (χ2v) is 19.2. The third-order valence-electron chi connectivity index (χ3n) is 11.8. The van der Waals surface area contributed by atoms with Gasteiger partial charge in [0.05, 0.1) is 34.0 Å². The molecule has 60 heavy (non-hydrogen) atoms. The molecular weight excluding hydrogens is 731 g/mol. The Morgan fingerprint density at radius 1 is 0.350 bits per heavy atom. The van der Waals surface area contributed by atoms with E-state index >= 15 is 0 Å². The summed E-state index contributed by atoms with van der Waals surface area (Å²) >= 11 is 0. The topological polar surface area (TPSA) is 70.2 Å². The van der Waals surface area contributed by atoms with Gasteiger partial charge in [-0.05, 0) is 110 Å². The maximum absolute atomic E-state index is 5.51. The number of benzene rings is 3. The highest BCUT2D eigenvalue weighted by atomic mass is 14.8. The summed E-state index contributed by atoms with van der Waals surface area (Å²) in [4.78, 5) is 23.6. The Kier molecular flexibility index (Phi) is 9.47. The molecule has 0 saturated heterocycles. The van der Waals surface area contributed by atoms with E-state index in [2.05, 4.69) is 200 Å². The first-order chi connectivity index (χ1) is 28.6. The predicted molar refractivity (Wildman–Crippen MR) is 254 cm³/mol. The summed E-state index contributed by atoms with van der Waals surface area (Å²) < 4.78 is 0. The van der Waals surface area contributed by atoms with Crippen molar-refractivity contribution in [1.29, 1.82) is 0 Å². The largest absolute Gasteiger partial charge is 0.354 e. The van der Waals surface area contributed by atoms with Crippen molar-refractivity contribution in [2.45, 2.75) is 78.6 Å². The van der Waals surface area contributed by atoms with Gasteiger partial charge in [-0.1, -0.05) is 141 Å². The Bertz CT molecular complexity index is 2920. The van der Waals surface area contributed by atoms with Crippen molar-refractivity contribution in [3.8, 4) is 44.6 Å². The second-order valence-electron chi connectivity index (χ2n) is 19.2. The Morgan fingerprint density at radius 2 is 0.667 bits per heavy atom. The third kappa shape index (κ3) is 7.34. The van der Waals surface area contributed by atoms with Crippen LogP contribution in [0.4, 0.5) is 0 Å². The van der Waals surface area contributed by atoms with Crippen molar-refractivity contribution in [2.75, 3.05) is 0 Å². The molecule has 8 bridgehead atoms. The van der Waals surface area contributed by atoms with E-state index in [0.717, 1.165) is 89.5 Å². The van der Waals surface area contributed by atoms with Gasteiger partial charge in [0.1, 0.15) is 0 Å². The molecule has 298 valence electrons. The highest BCUT2D eigenvalue weighted by molar-refractivity contribution is 5.99. The molecule has 0 aliphatic carbocycles. The van der Waals surface area contributed by atoms with E-state index in [1.165, 1.54) is 16.7 Å².